The Bertz CT molecular complexity index is 791. The minimum absolute atomic E-state index is 0.247. The molecule has 1 atom stereocenters. The van der Waals surface area contributed by atoms with Crippen LogP contribution in [0.5, 0.6) is 0 Å². The number of thiophene rings is 1. The van der Waals surface area contributed by atoms with Crippen LogP contribution in [0.2, 0.25) is 0 Å². The molecule has 0 fully saturated rings. The molecule has 0 amide bonds. The van der Waals surface area contributed by atoms with E-state index in [1.165, 1.54) is 0 Å². The van der Waals surface area contributed by atoms with Gasteiger partial charge in [0.05, 0.1) is 10.9 Å². The standard InChI is InChI=1S/C16H15N3OS/c1-10-4-6-11(7-5-10)15(17)12-9-13(18-19-16(12)20)14-3-2-8-21-14/h2-9,15H,17H2,1H3,(H,19,20). The molecule has 106 valence electrons. The molecule has 3 N–H and O–H groups in total. The Hall–Kier alpha value is -2.24. The molecular weight excluding hydrogens is 282 g/mol. The van der Waals surface area contributed by atoms with Crippen LogP contribution in [-0.2, 0) is 0 Å². The first-order chi connectivity index (χ1) is 10.1. The van der Waals surface area contributed by atoms with Crippen molar-refractivity contribution in [2.24, 2.45) is 5.73 Å². The van der Waals surface area contributed by atoms with Crippen LogP contribution in [0.25, 0.3) is 10.6 Å². The van der Waals surface area contributed by atoms with Crippen LogP contribution in [0.1, 0.15) is 22.7 Å². The van der Waals surface area contributed by atoms with Crippen LogP contribution in [0.3, 0.4) is 0 Å². The van der Waals surface area contributed by atoms with Gasteiger partial charge in [-0.15, -0.1) is 11.3 Å². The molecule has 0 aliphatic heterocycles. The average molecular weight is 297 g/mol. The Kier molecular flexibility index (Phi) is 3.68. The summed E-state index contributed by atoms with van der Waals surface area (Å²) < 4.78 is 0. The van der Waals surface area contributed by atoms with Crippen molar-refractivity contribution < 1.29 is 0 Å². The molecule has 2 aromatic heterocycles. The Labute approximate surface area is 126 Å². The number of nitrogens with zero attached hydrogens (tertiary/aromatic N) is 1. The molecule has 4 nitrogen and oxygen atoms in total. The van der Waals surface area contributed by atoms with E-state index < -0.39 is 6.04 Å². The molecule has 21 heavy (non-hydrogen) atoms. The normalized spacial score (nSPS) is 12.3. The zero-order valence-corrected chi connectivity index (χ0v) is 12.4. The largest absolute Gasteiger partial charge is 0.320 e. The van der Waals surface area contributed by atoms with Gasteiger partial charge in [-0.1, -0.05) is 35.9 Å². The van der Waals surface area contributed by atoms with Crippen molar-refractivity contribution in [2.75, 3.05) is 0 Å². The number of benzene rings is 1. The van der Waals surface area contributed by atoms with Gasteiger partial charge in [-0.3, -0.25) is 4.79 Å². The second-order valence-electron chi connectivity index (χ2n) is 4.90. The van der Waals surface area contributed by atoms with Gasteiger partial charge in [0, 0.05) is 5.56 Å². The van der Waals surface area contributed by atoms with Crippen molar-refractivity contribution in [1.82, 2.24) is 10.2 Å². The summed E-state index contributed by atoms with van der Waals surface area (Å²) in [6, 6.07) is 13.1. The zero-order valence-electron chi connectivity index (χ0n) is 11.5. The first-order valence-corrected chi connectivity index (χ1v) is 7.49. The predicted molar refractivity (Wildman–Crippen MR) is 85.4 cm³/mol. The Balaban J connectivity index is 2.03. The maximum absolute atomic E-state index is 12.0. The number of nitrogens with two attached hydrogens (primary N) is 1. The van der Waals surface area contributed by atoms with E-state index in [9.17, 15) is 4.79 Å². The van der Waals surface area contributed by atoms with E-state index >= 15 is 0 Å². The van der Waals surface area contributed by atoms with E-state index in [1.54, 1.807) is 17.4 Å². The Morgan fingerprint density at radius 1 is 1.24 bits per heavy atom. The van der Waals surface area contributed by atoms with Crippen molar-refractivity contribution in [3.8, 4) is 10.6 Å². The highest BCUT2D eigenvalue weighted by Crippen LogP contribution is 2.24. The fourth-order valence-corrected chi connectivity index (χ4v) is 2.84. The number of H-pyrrole nitrogens is 1. The molecule has 0 saturated carbocycles. The van der Waals surface area contributed by atoms with Crippen molar-refractivity contribution in [2.45, 2.75) is 13.0 Å². The quantitative estimate of drug-likeness (QED) is 0.781. The fourth-order valence-electron chi connectivity index (χ4n) is 2.16. The maximum atomic E-state index is 12.0. The number of rotatable bonds is 3. The Morgan fingerprint density at radius 2 is 2.00 bits per heavy atom. The lowest BCUT2D eigenvalue weighted by Crippen LogP contribution is -2.23. The second-order valence-corrected chi connectivity index (χ2v) is 5.85. The van der Waals surface area contributed by atoms with Gasteiger partial charge in [0.25, 0.3) is 5.56 Å². The molecule has 0 radical (unpaired) electrons. The molecule has 0 aliphatic rings. The molecule has 1 unspecified atom stereocenters. The van der Waals surface area contributed by atoms with E-state index in [0.29, 0.717) is 5.56 Å². The summed E-state index contributed by atoms with van der Waals surface area (Å²) in [5.74, 6) is 0. The lowest BCUT2D eigenvalue weighted by Gasteiger charge is -2.12. The molecule has 0 spiro atoms. The third kappa shape index (κ3) is 2.79. The zero-order chi connectivity index (χ0) is 14.8. The lowest BCUT2D eigenvalue weighted by atomic mass is 9.99. The highest BCUT2D eigenvalue weighted by molar-refractivity contribution is 7.13. The average Bonchev–Trinajstić information content (AvgIpc) is 3.02. The molecule has 2 heterocycles. The highest BCUT2D eigenvalue weighted by Gasteiger charge is 2.15. The molecular formula is C16H15N3OS. The summed E-state index contributed by atoms with van der Waals surface area (Å²) in [5, 5.41) is 8.60. The Morgan fingerprint density at radius 3 is 2.67 bits per heavy atom. The van der Waals surface area contributed by atoms with Crippen LogP contribution in [-0.4, -0.2) is 10.2 Å². The summed E-state index contributed by atoms with van der Waals surface area (Å²) in [7, 11) is 0. The third-order valence-electron chi connectivity index (χ3n) is 3.38. The van der Waals surface area contributed by atoms with E-state index in [-0.39, 0.29) is 5.56 Å². The number of aryl methyl sites for hydroxylation is 1. The van der Waals surface area contributed by atoms with Crippen molar-refractivity contribution in [1.29, 1.82) is 0 Å². The van der Waals surface area contributed by atoms with E-state index in [0.717, 1.165) is 21.7 Å². The SMILES string of the molecule is Cc1ccc(C(N)c2cc(-c3cccs3)n[nH]c2=O)cc1. The topological polar surface area (TPSA) is 71.8 Å². The first kappa shape index (κ1) is 13.7. The van der Waals surface area contributed by atoms with Gasteiger partial charge in [0.1, 0.15) is 5.69 Å². The number of nitrogens with one attached hydrogen (secondary N) is 1. The van der Waals surface area contributed by atoms with Gasteiger partial charge < -0.3 is 5.73 Å². The minimum atomic E-state index is -0.462. The molecule has 3 aromatic rings. The summed E-state index contributed by atoms with van der Waals surface area (Å²) in [6.07, 6.45) is 0. The van der Waals surface area contributed by atoms with Crippen molar-refractivity contribution in [3.63, 3.8) is 0 Å². The molecule has 0 bridgehead atoms. The molecule has 0 saturated heterocycles. The van der Waals surface area contributed by atoms with E-state index in [4.69, 9.17) is 5.73 Å². The fraction of sp³-hybridized carbons (Fsp3) is 0.125. The number of aromatic nitrogens is 2. The van der Waals surface area contributed by atoms with Gasteiger partial charge in [0.15, 0.2) is 0 Å². The molecule has 0 aliphatic carbocycles. The van der Waals surface area contributed by atoms with Gasteiger partial charge in [-0.25, -0.2) is 5.10 Å². The van der Waals surface area contributed by atoms with Gasteiger partial charge >= 0.3 is 0 Å². The van der Waals surface area contributed by atoms with Crippen molar-refractivity contribution >= 4 is 11.3 Å². The molecule has 3 rings (SSSR count). The number of hydrogen-bond acceptors (Lipinski definition) is 4. The van der Waals surface area contributed by atoms with Crippen molar-refractivity contribution in [3.05, 3.63) is 74.9 Å². The van der Waals surface area contributed by atoms with Crippen LogP contribution in [0, 0.1) is 6.92 Å². The first-order valence-electron chi connectivity index (χ1n) is 6.61. The van der Waals surface area contributed by atoms with E-state index in [2.05, 4.69) is 10.2 Å². The smallest absolute Gasteiger partial charge is 0.269 e. The predicted octanol–water partition coefficient (Wildman–Crippen LogP) is 2.85. The maximum Gasteiger partial charge on any atom is 0.269 e. The molecule has 1 aromatic carbocycles. The van der Waals surface area contributed by atoms with Gasteiger partial charge in [-0.05, 0) is 30.0 Å². The summed E-state index contributed by atoms with van der Waals surface area (Å²) in [5.41, 5.74) is 9.33. The minimum Gasteiger partial charge on any atom is -0.320 e. The molecule has 5 heteroatoms. The van der Waals surface area contributed by atoms with Gasteiger partial charge in [-0.2, -0.15) is 5.10 Å². The lowest BCUT2D eigenvalue weighted by molar-refractivity contribution is 0.827. The van der Waals surface area contributed by atoms with E-state index in [1.807, 2.05) is 48.7 Å². The number of aromatic amines is 1. The van der Waals surface area contributed by atoms with Crippen LogP contribution >= 0.6 is 11.3 Å². The monoisotopic (exact) mass is 297 g/mol. The van der Waals surface area contributed by atoms with Crippen LogP contribution in [0.4, 0.5) is 0 Å². The summed E-state index contributed by atoms with van der Waals surface area (Å²) in [4.78, 5) is 13.0. The second kappa shape index (κ2) is 5.63. The van der Waals surface area contributed by atoms with Gasteiger partial charge in [0.2, 0.25) is 0 Å². The number of hydrogen-bond donors (Lipinski definition) is 2. The van der Waals surface area contributed by atoms with Crippen LogP contribution < -0.4 is 11.3 Å². The third-order valence-corrected chi connectivity index (χ3v) is 4.27. The van der Waals surface area contributed by atoms with Crippen LogP contribution in [0.15, 0.2) is 52.6 Å². The summed E-state index contributed by atoms with van der Waals surface area (Å²) in [6.45, 7) is 2.02. The summed E-state index contributed by atoms with van der Waals surface area (Å²) >= 11 is 1.57. The highest BCUT2D eigenvalue weighted by atomic mass is 32.1.